The summed E-state index contributed by atoms with van der Waals surface area (Å²) in [5.74, 6) is -0.227. The standard InChI is InChI=1S/C16H23N5O2S/c1-3-21-7-5-14(19-21)16(23)18-13-4-6-20(9-15(13)22)8-12-10-24-11(2)17-12/h5,7,10,13,15,22H,3-4,6,8-9H2,1-2H3,(H,18,23)/t13-,15-/m1/s1. The number of thiazole rings is 1. The van der Waals surface area contributed by atoms with Crippen molar-refractivity contribution >= 4 is 17.2 Å². The fourth-order valence-electron chi connectivity index (χ4n) is 2.92. The van der Waals surface area contributed by atoms with E-state index in [1.165, 1.54) is 0 Å². The third-order valence-electron chi connectivity index (χ3n) is 4.23. The first-order chi connectivity index (χ1) is 11.5. The van der Waals surface area contributed by atoms with Crippen LogP contribution in [0.25, 0.3) is 0 Å². The third-order valence-corrected chi connectivity index (χ3v) is 5.05. The Hall–Kier alpha value is -1.77. The number of likely N-dealkylation sites (tertiary alicyclic amines) is 1. The number of β-amino-alcohol motifs (C(OH)–C–C–N with tert-alkyl or cyclic N) is 1. The summed E-state index contributed by atoms with van der Waals surface area (Å²) in [6.45, 7) is 6.78. The van der Waals surface area contributed by atoms with Gasteiger partial charge in [-0.15, -0.1) is 11.3 Å². The first-order valence-corrected chi connectivity index (χ1v) is 9.09. The number of carbonyl (C=O) groups excluding carboxylic acids is 1. The zero-order valence-corrected chi connectivity index (χ0v) is 14.8. The molecule has 0 spiro atoms. The van der Waals surface area contributed by atoms with E-state index in [0.717, 1.165) is 30.3 Å². The highest BCUT2D eigenvalue weighted by molar-refractivity contribution is 7.09. The molecule has 3 heterocycles. The highest BCUT2D eigenvalue weighted by atomic mass is 32.1. The molecule has 1 fully saturated rings. The summed E-state index contributed by atoms with van der Waals surface area (Å²) in [5, 5.41) is 20.6. The Kier molecular flexibility index (Phi) is 5.27. The topological polar surface area (TPSA) is 83.3 Å². The van der Waals surface area contributed by atoms with Crippen LogP contribution in [0.2, 0.25) is 0 Å². The number of amides is 1. The molecule has 2 aromatic heterocycles. The fourth-order valence-corrected chi connectivity index (χ4v) is 3.52. The lowest BCUT2D eigenvalue weighted by Gasteiger charge is -2.35. The molecule has 130 valence electrons. The van der Waals surface area contributed by atoms with E-state index >= 15 is 0 Å². The number of piperidine rings is 1. The number of hydrogen-bond acceptors (Lipinski definition) is 6. The number of aliphatic hydroxyl groups is 1. The van der Waals surface area contributed by atoms with Gasteiger partial charge in [-0.2, -0.15) is 5.10 Å². The molecular weight excluding hydrogens is 326 g/mol. The molecule has 3 rings (SSSR count). The van der Waals surface area contributed by atoms with Crippen molar-refractivity contribution in [3.05, 3.63) is 34.0 Å². The van der Waals surface area contributed by atoms with Crippen molar-refractivity contribution in [1.82, 2.24) is 25.0 Å². The van der Waals surface area contributed by atoms with Gasteiger partial charge in [0.1, 0.15) is 5.69 Å². The van der Waals surface area contributed by atoms with E-state index in [1.54, 1.807) is 28.3 Å². The Labute approximate surface area is 145 Å². The Morgan fingerprint density at radius 1 is 1.54 bits per heavy atom. The van der Waals surface area contributed by atoms with Crippen LogP contribution in [0, 0.1) is 6.92 Å². The maximum absolute atomic E-state index is 12.2. The SMILES string of the molecule is CCn1ccc(C(=O)N[C@@H]2CCN(Cc3csc(C)n3)C[C@H]2O)n1. The molecule has 0 aliphatic carbocycles. The summed E-state index contributed by atoms with van der Waals surface area (Å²) < 4.78 is 1.71. The molecule has 0 bridgehead atoms. The van der Waals surface area contributed by atoms with Gasteiger partial charge in [0.2, 0.25) is 0 Å². The first kappa shape index (κ1) is 17.1. The Balaban J connectivity index is 1.52. The van der Waals surface area contributed by atoms with Gasteiger partial charge in [0.25, 0.3) is 5.91 Å². The molecule has 1 amide bonds. The van der Waals surface area contributed by atoms with Crippen molar-refractivity contribution in [3.63, 3.8) is 0 Å². The van der Waals surface area contributed by atoms with Crippen LogP contribution in [-0.2, 0) is 13.1 Å². The molecule has 0 radical (unpaired) electrons. The first-order valence-electron chi connectivity index (χ1n) is 8.21. The molecule has 2 N–H and O–H groups in total. The van der Waals surface area contributed by atoms with E-state index < -0.39 is 6.10 Å². The molecule has 24 heavy (non-hydrogen) atoms. The molecule has 8 heteroatoms. The van der Waals surface area contributed by atoms with Crippen LogP contribution in [0.15, 0.2) is 17.6 Å². The Morgan fingerprint density at radius 2 is 2.38 bits per heavy atom. The molecule has 1 aliphatic rings. The molecule has 7 nitrogen and oxygen atoms in total. The Morgan fingerprint density at radius 3 is 3.00 bits per heavy atom. The molecule has 2 atom stereocenters. The van der Waals surface area contributed by atoms with E-state index in [9.17, 15) is 9.90 Å². The van der Waals surface area contributed by atoms with Crippen LogP contribution >= 0.6 is 11.3 Å². The summed E-state index contributed by atoms with van der Waals surface area (Å²) in [7, 11) is 0. The predicted molar refractivity (Wildman–Crippen MR) is 91.9 cm³/mol. The monoisotopic (exact) mass is 349 g/mol. The number of rotatable bonds is 5. The number of aliphatic hydroxyl groups excluding tert-OH is 1. The van der Waals surface area contributed by atoms with Crippen molar-refractivity contribution in [2.75, 3.05) is 13.1 Å². The van der Waals surface area contributed by atoms with Crippen LogP contribution < -0.4 is 5.32 Å². The fraction of sp³-hybridized carbons (Fsp3) is 0.562. The van der Waals surface area contributed by atoms with E-state index in [2.05, 4.69) is 25.7 Å². The minimum Gasteiger partial charge on any atom is -0.390 e. The van der Waals surface area contributed by atoms with Crippen LogP contribution in [0.1, 0.15) is 34.5 Å². The van der Waals surface area contributed by atoms with Crippen molar-refractivity contribution in [3.8, 4) is 0 Å². The predicted octanol–water partition coefficient (Wildman–Crippen LogP) is 1.03. The van der Waals surface area contributed by atoms with Crippen molar-refractivity contribution in [1.29, 1.82) is 0 Å². The van der Waals surface area contributed by atoms with Gasteiger partial charge in [-0.05, 0) is 26.3 Å². The molecular formula is C16H23N5O2S. The third kappa shape index (κ3) is 4.00. The maximum Gasteiger partial charge on any atom is 0.272 e. The number of carbonyl (C=O) groups is 1. The summed E-state index contributed by atoms with van der Waals surface area (Å²) in [6.07, 6.45) is 1.91. The van der Waals surface area contributed by atoms with Gasteiger partial charge in [0.15, 0.2) is 0 Å². The Bertz CT molecular complexity index is 698. The molecule has 2 aromatic rings. The number of aryl methyl sites for hydroxylation is 2. The molecule has 1 aliphatic heterocycles. The van der Waals surface area contributed by atoms with Crippen LogP contribution in [-0.4, -0.2) is 55.9 Å². The number of nitrogens with one attached hydrogen (secondary N) is 1. The van der Waals surface area contributed by atoms with E-state index in [-0.39, 0.29) is 11.9 Å². The van der Waals surface area contributed by atoms with Crippen LogP contribution in [0.4, 0.5) is 0 Å². The smallest absolute Gasteiger partial charge is 0.272 e. The van der Waals surface area contributed by atoms with E-state index in [0.29, 0.717) is 18.7 Å². The molecule has 1 saturated heterocycles. The van der Waals surface area contributed by atoms with Crippen LogP contribution in [0.3, 0.4) is 0 Å². The highest BCUT2D eigenvalue weighted by Gasteiger charge is 2.29. The zero-order valence-electron chi connectivity index (χ0n) is 14.0. The normalized spacial score (nSPS) is 21.8. The molecule has 0 unspecified atom stereocenters. The number of aromatic nitrogens is 3. The van der Waals surface area contributed by atoms with Crippen molar-refractivity contribution < 1.29 is 9.90 Å². The average molecular weight is 349 g/mol. The van der Waals surface area contributed by atoms with E-state index in [1.807, 2.05) is 13.8 Å². The maximum atomic E-state index is 12.2. The lowest BCUT2D eigenvalue weighted by Crippen LogP contribution is -2.53. The zero-order chi connectivity index (χ0) is 17.1. The second-order valence-corrected chi connectivity index (χ2v) is 7.15. The van der Waals surface area contributed by atoms with Crippen molar-refractivity contribution in [2.45, 2.75) is 45.5 Å². The van der Waals surface area contributed by atoms with E-state index in [4.69, 9.17) is 0 Å². The highest BCUT2D eigenvalue weighted by Crippen LogP contribution is 2.16. The van der Waals surface area contributed by atoms with Gasteiger partial charge < -0.3 is 10.4 Å². The van der Waals surface area contributed by atoms with Crippen LogP contribution in [0.5, 0.6) is 0 Å². The second-order valence-electron chi connectivity index (χ2n) is 6.09. The second kappa shape index (κ2) is 7.42. The van der Waals surface area contributed by atoms with Gasteiger partial charge >= 0.3 is 0 Å². The van der Waals surface area contributed by atoms with Crippen molar-refractivity contribution in [2.24, 2.45) is 0 Å². The quantitative estimate of drug-likeness (QED) is 0.842. The largest absolute Gasteiger partial charge is 0.390 e. The minimum atomic E-state index is -0.587. The summed E-state index contributed by atoms with van der Waals surface area (Å²) in [6, 6.07) is 1.46. The minimum absolute atomic E-state index is 0.227. The van der Waals surface area contributed by atoms with Gasteiger partial charge in [-0.3, -0.25) is 14.4 Å². The summed E-state index contributed by atoms with van der Waals surface area (Å²) in [4.78, 5) is 18.9. The number of nitrogens with zero attached hydrogens (tertiary/aromatic N) is 4. The molecule has 0 aromatic carbocycles. The lowest BCUT2D eigenvalue weighted by molar-refractivity contribution is 0.0344. The van der Waals surface area contributed by atoms with Gasteiger partial charge in [-0.25, -0.2) is 4.98 Å². The van der Waals surface area contributed by atoms with Gasteiger partial charge in [0.05, 0.1) is 22.8 Å². The molecule has 0 saturated carbocycles. The average Bonchev–Trinajstić information content (AvgIpc) is 3.19. The lowest BCUT2D eigenvalue weighted by atomic mass is 10.0. The summed E-state index contributed by atoms with van der Waals surface area (Å²) >= 11 is 1.64. The van der Waals surface area contributed by atoms with Gasteiger partial charge in [-0.1, -0.05) is 0 Å². The summed E-state index contributed by atoms with van der Waals surface area (Å²) in [5.41, 5.74) is 1.43. The number of hydrogen-bond donors (Lipinski definition) is 2. The van der Waals surface area contributed by atoms with Gasteiger partial charge in [0, 0.05) is 37.8 Å².